The highest BCUT2D eigenvalue weighted by Crippen LogP contribution is 2.23. The molecule has 2 nitrogen and oxygen atoms in total. The van der Waals surface area contributed by atoms with Gasteiger partial charge in [-0.2, -0.15) is 0 Å². The average molecular weight is 348 g/mol. The van der Waals surface area contributed by atoms with Gasteiger partial charge in [0.25, 0.3) is 0 Å². The van der Waals surface area contributed by atoms with Crippen molar-refractivity contribution in [2.45, 2.75) is 96.8 Å². The van der Waals surface area contributed by atoms with Crippen LogP contribution in [0.15, 0.2) is 0 Å². The topological polar surface area (TPSA) is 23.5 Å². The van der Waals surface area contributed by atoms with Crippen LogP contribution in [0.5, 0.6) is 0 Å². The highest BCUT2D eigenvalue weighted by Gasteiger charge is 2.18. The fraction of sp³-hybridized carbons (Fsp3) is 1.00. The maximum absolute atomic E-state index is 8.83. The number of aliphatic hydroxyl groups is 1. The van der Waals surface area contributed by atoms with Crippen LogP contribution in [0.1, 0.15) is 96.8 Å². The highest BCUT2D eigenvalue weighted by atomic mass is 35.5. The number of hydrogen-bond acceptors (Lipinski definition) is 2. The Morgan fingerprint density at radius 3 is 1.91 bits per heavy atom. The first-order chi connectivity index (χ1) is 10.9. The van der Waals surface area contributed by atoms with Gasteiger partial charge in [0.1, 0.15) is 0 Å². The molecule has 140 valence electrons. The second-order valence-corrected chi connectivity index (χ2v) is 7.33. The molecule has 0 atom stereocenters. The number of unbranched alkanes of at least 4 members (excludes halogenated alkanes) is 9. The Bertz CT molecular complexity index is 230. The molecule has 0 aromatic heterocycles. The zero-order valence-electron chi connectivity index (χ0n) is 15.6. The van der Waals surface area contributed by atoms with Crippen molar-refractivity contribution in [2.24, 2.45) is 5.92 Å². The molecule has 1 aliphatic rings. The summed E-state index contributed by atoms with van der Waals surface area (Å²) in [6.07, 6.45) is 19.5. The van der Waals surface area contributed by atoms with E-state index in [1.165, 1.54) is 103 Å². The number of likely N-dealkylation sites (tertiary alicyclic amines) is 1. The third-order valence-corrected chi connectivity index (χ3v) is 5.31. The van der Waals surface area contributed by atoms with E-state index in [4.69, 9.17) is 5.11 Å². The molecular formula is C20H42ClNO. The second kappa shape index (κ2) is 17.0. The van der Waals surface area contributed by atoms with Gasteiger partial charge in [-0.15, -0.1) is 12.4 Å². The van der Waals surface area contributed by atoms with Crippen molar-refractivity contribution in [1.29, 1.82) is 0 Å². The predicted molar refractivity (Wildman–Crippen MR) is 105 cm³/mol. The maximum Gasteiger partial charge on any atom is 0.0431 e. The van der Waals surface area contributed by atoms with Crippen molar-refractivity contribution in [3.8, 4) is 0 Å². The maximum atomic E-state index is 8.83. The number of rotatable bonds is 14. The van der Waals surface area contributed by atoms with Crippen molar-refractivity contribution in [3.05, 3.63) is 0 Å². The molecule has 0 aliphatic carbocycles. The molecule has 1 fully saturated rings. The van der Waals surface area contributed by atoms with Crippen LogP contribution in [0.25, 0.3) is 0 Å². The van der Waals surface area contributed by atoms with E-state index in [2.05, 4.69) is 11.8 Å². The Hall–Kier alpha value is 0.210. The summed E-state index contributed by atoms with van der Waals surface area (Å²) in [5, 5.41) is 8.83. The molecule has 1 rings (SSSR count). The smallest absolute Gasteiger partial charge is 0.0431 e. The summed E-state index contributed by atoms with van der Waals surface area (Å²) >= 11 is 0. The van der Waals surface area contributed by atoms with Crippen molar-refractivity contribution >= 4 is 12.4 Å². The minimum Gasteiger partial charge on any atom is -0.396 e. The lowest BCUT2D eigenvalue weighted by Gasteiger charge is -2.32. The van der Waals surface area contributed by atoms with Crippen LogP contribution in [0.2, 0.25) is 0 Å². The van der Waals surface area contributed by atoms with E-state index in [9.17, 15) is 0 Å². The van der Waals surface area contributed by atoms with Crippen molar-refractivity contribution in [2.75, 3.05) is 26.2 Å². The Morgan fingerprint density at radius 2 is 1.35 bits per heavy atom. The summed E-state index contributed by atoms with van der Waals surface area (Å²) in [6.45, 7) is 6.45. The van der Waals surface area contributed by atoms with Gasteiger partial charge in [0.2, 0.25) is 0 Å². The Balaban J connectivity index is 0.00000484. The lowest BCUT2D eigenvalue weighted by atomic mass is 9.91. The number of nitrogens with zero attached hydrogens (tertiary/aromatic N) is 1. The average Bonchev–Trinajstić information content (AvgIpc) is 2.55. The lowest BCUT2D eigenvalue weighted by molar-refractivity contribution is 0.169. The van der Waals surface area contributed by atoms with Gasteiger partial charge in [0, 0.05) is 6.61 Å². The van der Waals surface area contributed by atoms with E-state index in [0.717, 1.165) is 12.3 Å². The first-order valence-electron chi connectivity index (χ1n) is 10.2. The molecule has 0 aromatic rings. The molecule has 0 amide bonds. The molecule has 3 heteroatoms. The number of hydrogen-bond donors (Lipinski definition) is 1. The first-order valence-corrected chi connectivity index (χ1v) is 10.2. The van der Waals surface area contributed by atoms with Crippen LogP contribution in [-0.4, -0.2) is 36.2 Å². The summed E-state index contributed by atoms with van der Waals surface area (Å²) in [5.41, 5.74) is 0. The van der Waals surface area contributed by atoms with Crippen LogP contribution in [0.3, 0.4) is 0 Å². The largest absolute Gasteiger partial charge is 0.396 e. The molecule has 1 saturated heterocycles. The van der Waals surface area contributed by atoms with Gasteiger partial charge in [-0.05, 0) is 51.2 Å². The quantitative estimate of drug-likeness (QED) is 0.400. The highest BCUT2D eigenvalue weighted by molar-refractivity contribution is 5.85. The molecule has 23 heavy (non-hydrogen) atoms. The minimum atomic E-state index is 0. The van der Waals surface area contributed by atoms with Crippen LogP contribution >= 0.6 is 12.4 Å². The van der Waals surface area contributed by atoms with Crippen LogP contribution in [0.4, 0.5) is 0 Å². The van der Waals surface area contributed by atoms with E-state index < -0.39 is 0 Å². The third kappa shape index (κ3) is 13.2. The number of halogens is 1. The normalized spacial score (nSPS) is 16.4. The van der Waals surface area contributed by atoms with E-state index >= 15 is 0 Å². The van der Waals surface area contributed by atoms with Gasteiger partial charge in [0.05, 0.1) is 0 Å². The summed E-state index contributed by atoms with van der Waals surface area (Å²) < 4.78 is 0. The van der Waals surface area contributed by atoms with Gasteiger partial charge >= 0.3 is 0 Å². The zero-order chi connectivity index (χ0) is 15.9. The zero-order valence-corrected chi connectivity index (χ0v) is 16.4. The van der Waals surface area contributed by atoms with E-state index in [1.54, 1.807) is 0 Å². The molecule has 0 spiro atoms. The molecule has 0 saturated carbocycles. The standard InChI is InChI=1S/C20H41NO.ClH/c1-2-3-4-5-6-7-8-9-10-13-20-14-17-21(18-15-20)16-11-12-19-22;/h20,22H,2-19H2,1H3;1H. The number of piperidine rings is 1. The van der Waals surface area contributed by atoms with Gasteiger partial charge in [-0.3, -0.25) is 0 Å². The number of aliphatic hydroxyl groups excluding tert-OH is 1. The Morgan fingerprint density at radius 1 is 0.783 bits per heavy atom. The van der Waals surface area contributed by atoms with Gasteiger partial charge < -0.3 is 10.0 Å². The fourth-order valence-electron chi connectivity index (χ4n) is 3.69. The van der Waals surface area contributed by atoms with E-state index in [1.807, 2.05) is 0 Å². The van der Waals surface area contributed by atoms with Gasteiger partial charge in [0.15, 0.2) is 0 Å². The fourth-order valence-corrected chi connectivity index (χ4v) is 3.69. The molecule has 1 aliphatic heterocycles. The Labute approximate surface area is 151 Å². The molecular weight excluding hydrogens is 306 g/mol. The lowest BCUT2D eigenvalue weighted by Crippen LogP contribution is -2.34. The summed E-state index contributed by atoms with van der Waals surface area (Å²) in [5.74, 6) is 0.999. The van der Waals surface area contributed by atoms with E-state index in [0.29, 0.717) is 6.61 Å². The monoisotopic (exact) mass is 347 g/mol. The molecule has 1 heterocycles. The second-order valence-electron chi connectivity index (χ2n) is 7.33. The molecule has 1 N–H and O–H groups in total. The molecule has 0 radical (unpaired) electrons. The van der Waals surface area contributed by atoms with Crippen LogP contribution in [0, 0.1) is 5.92 Å². The van der Waals surface area contributed by atoms with Crippen molar-refractivity contribution in [3.63, 3.8) is 0 Å². The van der Waals surface area contributed by atoms with Crippen molar-refractivity contribution in [1.82, 2.24) is 4.90 Å². The van der Waals surface area contributed by atoms with Crippen LogP contribution < -0.4 is 0 Å². The minimum absolute atomic E-state index is 0. The molecule has 0 aromatic carbocycles. The summed E-state index contributed by atoms with van der Waals surface area (Å²) in [4.78, 5) is 2.60. The van der Waals surface area contributed by atoms with Crippen molar-refractivity contribution < 1.29 is 5.11 Å². The van der Waals surface area contributed by atoms with Crippen LogP contribution in [-0.2, 0) is 0 Å². The SMILES string of the molecule is CCCCCCCCCCCC1CCN(CCCCO)CC1.Cl. The summed E-state index contributed by atoms with van der Waals surface area (Å²) in [6, 6.07) is 0. The third-order valence-electron chi connectivity index (χ3n) is 5.31. The Kier molecular flexibility index (Phi) is 17.2. The van der Waals surface area contributed by atoms with Gasteiger partial charge in [-0.25, -0.2) is 0 Å². The molecule has 0 unspecified atom stereocenters. The molecule has 0 bridgehead atoms. The predicted octanol–water partition coefficient (Wildman–Crippen LogP) is 5.81. The first kappa shape index (κ1) is 23.2. The van der Waals surface area contributed by atoms with E-state index in [-0.39, 0.29) is 12.4 Å². The van der Waals surface area contributed by atoms with Gasteiger partial charge in [-0.1, -0.05) is 71.1 Å². The summed E-state index contributed by atoms with van der Waals surface area (Å²) in [7, 11) is 0.